The number of carbonyl (C=O) groups is 1. The largest absolute Gasteiger partial charge is 0.492 e. The molecular formula is C20H19N5O4. The number of carbonyl (C=O) groups excluding carboxylic acids is 1. The van der Waals surface area contributed by atoms with Crippen molar-refractivity contribution in [2.75, 3.05) is 11.9 Å². The van der Waals surface area contributed by atoms with Gasteiger partial charge in [0.15, 0.2) is 0 Å². The van der Waals surface area contributed by atoms with Crippen molar-refractivity contribution in [3.63, 3.8) is 0 Å². The zero-order chi connectivity index (χ0) is 20.4. The van der Waals surface area contributed by atoms with Crippen LogP contribution in [-0.2, 0) is 13.6 Å². The van der Waals surface area contributed by atoms with Crippen LogP contribution < -0.4 is 15.6 Å². The zero-order valence-electron chi connectivity index (χ0n) is 16.0. The molecule has 0 unspecified atom stereocenters. The number of ether oxygens (including phenoxy) is 1. The lowest BCUT2D eigenvalue weighted by molar-refractivity contribution is 0.102. The standard InChI is InChI=1S/C20H19N5O4/c1-13-16(17-19(29-13)21-12-24(2)20(17)27)18(26)23-14-5-3-6-15(11-14)28-10-9-25-8-4-7-22-25/h3-8,11-12H,9-10H2,1-2H3,(H,23,26). The number of fused-ring (bicyclic) bond motifs is 1. The molecule has 4 aromatic rings. The lowest BCUT2D eigenvalue weighted by Crippen LogP contribution is -2.20. The SMILES string of the molecule is Cc1oc2ncn(C)c(=O)c2c1C(=O)Nc1cccc(OCCn2cccn2)c1. The van der Waals surface area contributed by atoms with Gasteiger partial charge in [-0.2, -0.15) is 5.10 Å². The molecule has 0 fully saturated rings. The van der Waals surface area contributed by atoms with E-state index in [1.807, 2.05) is 12.3 Å². The summed E-state index contributed by atoms with van der Waals surface area (Å²) in [6.07, 6.45) is 4.93. The van der Waals surface area contributed by atoms with Gasteiger partial charge in [0.2, 0.25) is 5.71 Å². The molecular weight excluding hydrogens is 374 g/mol. The Kier molecular flexibility index (Phi) is 4.86. The fraction of sp³-hybridized carbons (Fsp3) is 0.200. The maximum absolute atomic E-state index is 12.9. The van der Waals surface area contributed by atoms with E-state index in [2.05, 4.69) is 15.4 Å². The quantitative estimate of drug-likeness (QED) is 0.539. The number of nitrogens with zero attached hydrogens (tertiary/aromatic N) is 4. The van der Waals surface area contributed by atoms with Gasteiger partial charge in [0.25, 0.3) is 11.5 Å². The van der Waals surface area contributed by atoms with Gasteiger partial charge in [-0.1, -0.05) is 6.07 Å². The summed E-state index contributed by atoms with van der Waals surface area (Å²) in [4.78, 5) is 29.4. The lowest BCUT2D eigenvalue weighted by Gasteiger charge is -2.09. The molecule has 0 aliphatic carbocycles. The summed E-state index contributed by atoms with van der Waals surface area (Å²) in [7, 11) is 1.57. The lowest BCUT2D eigenvalue weighted by atomic mass is 10.1. The highest BCUT2D eigenvalue weighted by molar-refractivity contribution is 6.12. The first-order valence-electron chi connectivity index (χ1n) is 8.99. The van der Waals surface area contributed by atoms with E-state index in [1.165, 1.54) is 10.9 Å². The van der Waals surface area contributed by atoms with Gasteiger partial charge in [-0.3, -0.25) is 14.3 Å². The second kappa shape index (κ2) is 7.63. The molecule has 1 amide bonds. The third kappa shape index (κ3) is 3.75. The van der Waals surface area contributed by atoms with E-state index in [9.17, 15) is 9.59 Å². The Morgan fingerprint density at radius 3 is 2.97 bits per heavy atom. The highest BCUT2D eigenvalue weighted by Gasteiger charge is 2.22. The minimum absolute atomic E-state index is 0.145. The summed E-state index contributed by atoms with van der Waals surface area (Å²) in [6, 6.07) is 8.89. The molecule has 4 rings (SSSR count). The summed E-state index contributed by atoms with van der Waals surface area (Å²) < 4.78 is 14.3. The number of furan rings is 1. The smallest absolute Gasteiger partial charge is 0.265 e. The van der Waals surface area contributed by atoms with E-state index in [0.717, 1.165) is 0 Å². The van der Waals surface area contributed by atoms with E-state index >= 15 is 0 Å². The van der Waals surface area contributed by atoms with Crippen molar-refractivity contribution in [3.8, 4) is 5.75 Å². The average molecular weight is 393 g/mol. The number of aromatic nitrogens is 4. The minimum atomic E-state index is -0.444. The van der Waals surface area contributed by atoms with E-state index in [4.69, 9.17) is 9.15 Å². The van der Waals surface area contributed by atoms with Gasteiger partial charge in [0, 0.05) is 31.2 Å². The van der Waals surface area contributed by atoms with Crippen LogP contribution in [0.1, 0.15) is 16.1 Å². The van der Waals surface area contributed by atoms with Crippen molar-refractivity contribution in [3.05, 3.63) is 70.7 Å². The third-order valence-electron chi connectivity index (χ3n) is 4.42. The number of hydrogen-bond donors (Lipinski definition) is 1. The molecule has 0 spiro atoms. The first-order valence-corrected chi connectivity index (χ1v) is 8.99. The summed E-state index contributed by atoms with van der Waals surface area (Å²) in [6.45, 7) is 2.68. The van der Waals surface area contributed by atoms with Crippen molar-refractivity contribution < 1.29 is 13.9 Å². The number of nitrogens with one attached hydrogen (secondary N) is 1. The Bertz CT molecular complexity index is 1220. The molecule has 9 heteroatoms. The Morgan fingerprint density at radius 2 is 2.17 bits per heavy atom. The molecule has 3 aromatic heterocycles. The van der Waals surface area contributed by atoms with Crippen molar-refractivity contribution in [2.24, 2.45) is 7.05 Å². The molecule has 1 aromatic carbocycles. The predicted octanol–water partition coefficient (Wildman–Crippen LogP) is 2.36. The van der Waals surface area contributed by atoms with E-state index in [1.54, 1.807) is 49.1 Å². The molecule has 3 heterocycles. The van der Waals surface area contributed by atoms with Crippen LogP contribution in [0.3, 0.4) is 0 Å². The molecule has 148 valence electrons. The molecule has 0 saturated carbocycles. The van der Waals surface area contributed by atoms with Crippen LogP contribution in [0.5, 0.6) is 5.75 Å². The van der Waals surface area contributed by atoms with Gasteiger partial charge in [-0.25, -0.2) is 4.98 Å². The van der Waals surface area contributed by atoms with Gasteiger partial charge in [0.05, 0.1) is 12.1 Å². The van der Waals surface area contributed by atoms with E-state index in [-0.39, 0.29) is 22.2 Å². The molecule has 0 aliphatic heterocycles. The summed E-state index contributed by atoms with van der Waals surface area (Å²) in [5, 5.41) is 7.08. The van der Waals surface area contributed by atoms with Crippen LogP contribution >= 0.6 is 0 Å². The van der Waals surface area contributed by atoms with Gasteiger partial charge in [-0.15, -0.1) is 0 Å². The van der Waals surface area contributed by atoms with Crippen molar-refractivity contribution in [1.82, 2.24) is 19.3 Å². The molecule has 0 atom stereocenters. The van der Waals surface area contributed by atoms with Crippen LogP contribution in [0.4, 0.5) is 5.69 Å². The number of amides is 1. The number of benzene rings is 1. The molecule has 0 radical (unpaired) electrons. The van der Waals surface area contributed by atoms with Crippen molar-refractivity contribution in [2.45, 2.75) is 13.5 Å². The van der Waals surface area contributed by atoms with Crippen LogP contribution in [0.2, 0.25) is 0 Å². The van der Waals surface area contributed by atoms with E-state index < -0.39 is 5.91 Å². The van der Waals surface area contributed by atoms with E-state index in [0.29, 0.717) is 30.3 Å². The van der Waals surface area contributed by atoms with Crippen LogP contribution in [0, 0.1) is 6.92 Å². The summed E-state index contributed by atoms with van der Waals surface area (Å²) in [5.74, 6) is 0.501. The highest BCUT2D eigenvalue weighted by atomic mass is 16.5. The minimum Gasteiger partial charge on any atom is -0.492 e. The second-order valence-electron chi connectivity index (χ2n) is 6.47. The monoisotopic (exact) mass is 393 g/mol. The fourth-order valence-corrected chi connectivity index (χ4v) is 3.01. The molecule has 1 N–H and O–H groups in total. The molecule has 0 aliphatic rings. The fourth-order valence-electron chi connectivity index (χ4n) is 3.01. The molecule has 0 saturated heterocycles. The number of anilines is 1. The van der Waals surface area contributed by atoms with Crippen molar-refractivity contribution >= 4 is 22.7 Å². The predicted molar refractivity (Wildman–Crippen MR) is 106 cm³/mol. The van der Waals surface area contributed by atoms with Crippen LogP contribution in [0.15, 0.2) is 58.3 Å². The first-order chi connectivity index (χ1) is 14.0. The zero-order valence-corrected chi connectivity index (χ0v) is 16.0. The van der Waals surface area contributed by atoms with Crippen LogP contribution in [0.25, 0.3) is 11.1 Å². The normalized spacial score (nSPS) is 11.0. The summed E-state index contributed by atoms with van der Waals surface area (Å²) >= 11 is 0. The third-order valence-corrected chi connectivity index (χ3v) is 4.42. The highest BCUT2D eigenvalue weighted by Crippen LogP contribution is 2.23. The topological polar surface area (TPSA) is 104 Å². The second-order valence-corrected chi connectivity index (χ2v) is 6.47. The van der Waals surface area contributed by atoms with Crippen LogP contribution in [-0.4, -0.2) is 31.8 Å². The molecule has 9 nitrogen and oxygen atoms in total. The number of hydrogen-bond acceptors (Lipinski definition) is 6. The van der Waals surface area contributed by atoms with Gasteiger partial charge in [-0.05, 0) is 25.1 Å². The first kappa shape index (κ1) is 18.5. The van der Waals surface area contributed by atoms with Crippen molar-refractivity contribution in [1.29, 1.82) is 0 Å². The Hall–Kier alpha value is -3.88. The molecule has 29 heavy (non-hydrogen) atoms. The average Bonchev–Trinajstić information content (AvgIpc) is 3.32. The number of rotatable bonds is 6. The Morgan fingerprint density at radius 1 is 1.31 bits per heavy atom. The van der Waals surface area contributed by atoms with Gasteiger partial charge < -0.3 is 19.0 Å². The Balaban J connectivity index is 1.52. The van der Waals surface area contributed by atoms with Gasteiger partial charge >= 0.3 is 0 Å². The Labute approximate surface area is 165 Å². The summed E-state index contributed by atoms with van der Waals surface area (Å²) in [5.41, 5.74) is 0.527. The maximum Gasteiger partial charge on any atom is 0.265 e. The number of aryl methyl sites for hydroxylation is 2. The van der Waals surface area contributed by atoms with Gasteiger partial charge in [0.1, 0.15) is 29.8 Å². The molecule has 0 bridgehead atoms. The maximum atomic E-state index is 12.9.